The van der Waals surface area contributed by atoms with E-state index < -0.39 is 0 Å². The number of methoxy groups -OCH3 is 1. The Hall–Kier alpha value is -0.870. The third-order valence-electron chi connectivity index (χ3n) is 3.39. The molecule has 4 heteroatoms. The average Bonchev–Trinajstić information content (AvgIpc) is 2.64. The Labute approximate surface area is 111 Å². The zero-order valence-corrected chi connectivity index (χ0v) is 12.4. The number of hydrogen-bond acceptors (Lipinski definition) is 3. The van der Waals surface area contributed by atoms with Crippen molar-refractivity contribution in [1.29, 1.82) is 0 Å². The van der Waals surface area contributed by atoms with Gasteiger partial charge in [0.1, 0.15) is 0 Å². The quantitative estimate of drug-likeness (QED) is 0.722. The van der Waals surface area contributed by atoms with E-state index in [9.17, 15) is 0 Å². The maximum atomic E-state index is 5.03. The summed E-state index contributed by atoms with van der Waals surface area (Å²) in [5.74, 6) is 0. The SMILES string of the molecule is CCc1c(C)nn(C(C)CNCCCOC)c1C. The summed E-state index contributed by atoms with van der Waals surface area (Å²) in [4.78, 5) is 0. The normalized spacial score (nSPS) is 12.9. The smallest absolute Gasteiger partial charge is 0.0628 e. The number of aromatic nitrogens is 2. The van der Waals surface area contributed by atoms with Crippen LogP contribution in [0.4, 0.5) is 0 Å². The van der Waals surface area contributed by atoms with Crippen molar-refractivity contribution in [1.82, 2.24) is 15.1 Å². The molecular weight excluding hydrogens is 226 g/mol. The lowest BCUT2D eigenvalue weighted by Gasteiger charge is -2.15. The molecule has 18 heavy (non-hydrogen) atoms. The first-order valence-corrected chi connectivity index (χ1v) is 6.86. The average molecular weight is 253 g/mol. The van der Waals surface area contributed by atoms with E-state index in [1.165, 1.54) is 17.0 Å². The lowest BCUT2D eigenvalue weighted by molar-refractivity contribution is 0.194. The fourth-order valence-corrected chi connectivity index (χ4v) is 2.38. The Morgan fingerprint density at radius 2 is 2.11 bits per heavy atom. The van der Waals surface area contributed by atoms with E-state index in [0.717, 1.165) is 32.5 Å². The van der Waals surface area contributed by atoms with Crippen molar-refractivity contribution in [2.45, 2.75) is 46.6 Å². The molecule has 1 unspecified atom stereocenters. The summed E-state index contributed by atoms with van der Waals surface area (Å²) in [5.41, 5.74) is 3.86. The molecule has 0 aromatic carbocycles. The minimum absolute atomic E-state index is 0.395. The Balaban J connectivity index is 2.49. The van der Waals surface area contributed by atoms with Gasteiger partial charge >= 0.3 is 0 Å². The summed E-state index contributed by atoms with van der Waals surface area (Å²) in [7, 11) is 1.74. The molecule has 4 nitrogen and oxygen atoms in total. The van der Waals surface area contributed by atoms with Crippen molar-refractivity contribution >= 4 is 0 Å². The van der Waals surface area contributed by atoms with Crippen LogP contribution in [0, 0.1) is 13.8 Å². The van der Waals surface area contributed by atoms with Gasteiger partial charge in [0.2, 0.25) is 0 Å². The lowest BCUT2D eigenvalue weighted by Crippen LogP contribution is -2.26. The molecule has 1 atom stereocenters. The molecule has 0 saturated heterocycles. The van der Waals surface area contributed by atoms with Crippen LogP contribution in [0.15, 0.2) is 0 Å². The van der Waals surface area contributed by atoms with Crippen LogP contribution in [0.3, 0.4) is 0 Å². The summed E-state index contributed by atoms with van der Waals surface area (Å²) in [6.45, 7) is 11.4. The first-order chi connectivity index (χ1) is 8.61. The van der Waals surface area contributed by atoms with Crippen molar-refractivity contribution in [3.8, 4) is 0 Å². The van der Waals surface area contributed by atoms with Crippen molar-refractivity contribution in [2.24, 2.45) is 0 Å². The molecule has 1 heterocycles. The van der Waals surface area contributed by atoms with E-state index in [2.05, 4.69) is 42.8 Å². The van der Waals surface area contributed by atoms with E-state index >= 15 is 0 Å². The molecule has 0 saturated carbocycles. The molecule has 0 amide bonds. The Morgan fingerprint density at radius 3 is 2.67 bits per heavy atom. The van der Waals surface area contributed by atoms with Gasteiger partial charge < -0.3 is 10.1 Å². The summed E-state index contributed by atoms with van der Waals surface area (Å²) in [5, 5.41) is 8.10. The Kier molecular flexibility index (Phi) is 6.36. The number of hydrogen-bond donors (Lipinski definition) is 1. The van der Waals surface area contributed by atoms with E-state index in [1.54, 1.807) is 7.11 Å². The van der Waals surface area contributed by atoms with Gasteiger partial charge in [-0.25, -0.2) is 0 Å². The molecule has 1 aromatic heterocycles. The van der Waals surface area contributed by atoms with Gasteiger partial charge in [-0.3, -0.25) is 4.68 Å². The molecule has 1 aromatic rings. The fraction of sp³-hybridized carbons (Fsp3) is 0.786. The first-order valence-electron chi connectivity index (χ1n) is 6.86. The molecule has 0 aliphatic heterocycles. The number of nitrogens with zero attached hydrogens (tertiary/aromatic N) is 2. The Morgan fingerprint density at radius 1 is 1.39 bits per heavy atom. The number of nitrogens with one attached hydrogen (secondary N) is 1. The summed E-state index contributed by atoms with van der Waals surface area (Å²) >= 11 is 0. The zero-order valence-electron chi connectivity index (χ0n) is 12.4. The number of ether oxygens (including phenoxy) is 1. The number of aryl methyl sites for hydroxylation is 1. The molecule has 0 aliphatic carbocycles. The van der Waals surface area contributed by atoms with E-state index in [0.29, 0.717) is 6.04 Å². The second-order valence-electron chi connectivity index (χ2n) is 4.85. The Bertz CT molecular complexity index is 360. The summed E-state index contributed by atoms with van der Waals surface area (Å²) in [6, 6.07) is 0.395. The highest BCUT2D eigenvalue weighted by atomic mass is 16.5. The van der Waals surface area contributed by atoms with Gasteiger partial charge in [-0.2, -0.15) is 5.10 Å². The van der Waals surface area contributed by atoms with Crippen LogP contribution in [0.5, 0.6) is 0 Å². The van der Waals surface area contributed by atoms with E-state index in [-0.39, 0.29) is 0 Å². The molecule has 0 radical (unpaired) electrons. The lowest BCUT2D eigenvalue weighted by atomic mass is 10.1. The topological polar surface area (TPSA) is 39.1 Å². The molecule has 104 valence electrons. The van der Waals surface area contributed by atoms with Gasteiger partial charge in [0, 0.05) is 26.0 Å². The second kappa shape index (κ2) is 7.54. The van der Waals surface area contributed by atoms with Crippen LogP contribution < -0.4 is 5.32 Å². The van der Waals surface area contributed by atoms with Crippen molar-refractivity contribution < 1.29 is 4.74 Å². The van der Waals surface area contributed by atoms with Gasteiger partial charge in [-0.05, 0) is 45.7 Å². The van der Waals surface area contributed by atoms with Gasteiger partial charge in [0.05, 0.1) is 11.7 Å². The maximum absolute atomic E-state index is 5.03. The number of rotatable bonds is 8. The minimum atomic E-state index is 0.395. The van der Waals surface area contributed by atoms with Gasteiger partial charge in [-0.1, -0.05) is 6.92 Å². The van der Waals surface area contributed by atoms with Crippen molar-refractivity contribution in [2.75, 3.05) is 26.8 Å². The highest BCUT2D eigenvalue weighted by Gasteiger charge is 2.13. The van der Waals surface area contributed by atoms with Crippen molar-refractivity contribution in [3.63, 3.8) is 0 Å². The van der Waals surface area contributed by atoms with Crippen LogP contribution in [-0.4, -0.2) is 36.6 Å². The zero-order chi connectivity index (χ0) is 13.5. The molecule has 1 rings (SSSR count). The van der Waals surface area contributed by atoms with Crippen LogP contribution in [0.2, 0.25) is 0 Å². The molecule has 1 N–H and O–H groups in total. The summed E-state index contributed by atoms with van der Waals surface area (Å²) < 4.78 is 7.18. The maximum Gasteiger partial charge on any atom is 0.0628 e. The fourth-order valence-electron chi connectivity index (χ4n) is 2.38. The van der Waals surface area contributed by atoms with Gasteiger partial charge in [0.15, 0.2) is 0 Å². The predicted molar refractivity (Wildman–Crippen MR) is 75.2 cm³/mol. The minimum Gasteiger partial charge on any atom is -0.385 e. The van der Waals surface area contributed by atoms with Gasteiger partial charge in [-0.15, -0.1) is 0 Å². The first kappa shape index (κ1) is 15.2. The third kappa shape index (κ3) is 3.82. The van der Waals surface area contributed by atoms with Gasteiger partial charge in [0.25, 0.3) is 0 Å². The highest BCUT2D eigenvalue weighted by Crippen LogP contribution is 2.17. The molecule has 0 fully saturated rings. The van der Waals surface area contributed by atoms with Crippen LogP contribution in [0.1, 0.15) is 43.3 Å². The van der Waals surface area contributed by atoms with Crippen molar-refractivity contribution in [3.05, 3.63) is 17.0 Å². The highest BCUT2D eigenvalue weighted by molar-refractivity contribution is 5.24. The third-order valence-corrected chi connectivity index (χ3v) is 3.39. The molecule has 0 bridgehead atoms. The standard InChI is InChI=1S/C14H27N3O/c1-6-14-12(3)16-17(13(14)4)11(2)10-15-8-7-9-18-5/h11,15H,6-10H2,1-5H3. The second-order valence-corrected chi connectivity index (χ2v) is 4.85. The molecular formula is C14H27N3O. The van der Waals surface area contributed by atoms with Crippen LogP contribution >= 0.6 is 0 Å². The predicted octanol–water partition coefficient (Wildman–Crippen LogP) is 2.25. The van der Waals surface area contributed by atoms with E-state index in [1.807, 2.05) is 0 Å². The molecule has 0 aliphatic rings. The largest absolute Gasteiger partial charge is 0.385 e. The van der Waals surface area contributed by atoms with Crippen LogP contribution in [0.25, 0.3) is 0 Å². The molecule has 0 spiro atoms. The van der Waals surface area contributed by atoms with Crippen LogP contribution in [-0.2, 0) is 11.2 Å². The van der Waals surface area contributed by atoms with E-state index in [4.69, 9.17) is 4.74 Å². The summed E-state index contributed by atoms with van der Waals surface area (Å²) in [6.07, 6.45) is 2.12. The monoisotopic (exact) mass is 253 g/mol.